The van der Waals surface area contributed by atoms with Crippen LogP contribution in [-0.2, 0) is 14.3 Å². The van der Waals surface area contributed by atoms with Crippen molar-refractivity contribution in [1.29, 1.82) is 0 Å². The Bertz CT molecular complexity index is 1120. The van der Waals surface area contributed by atoms with Gasteiger partial charge < -0.3 is 14.4 Å². The SMILES string of the molecule is CC1=CC[C@@H](C(=O)N(c2cc(C#CC(C)(C)C)sc2C(=O)N=O)[C@H]2CC[C@H](O[C@@H]3CCOC3)CC2)[C@@H](C)C1. The minimum atomic E-state index is -0.850. The molecule has 2 aliphatic carbocycles. The zero-order valence-corrected chi connectivity index (χ0v) is 24.1. The van der Waals surface area contributed by atoms with E-state index in [-0.39, 0.29) is 46.3 Å². The summed E-state index contributed by atoms with van der Waals surface area (Å²) in [6.45, 7) is 11.7. The van der Waals surface area contributed by atoms with E-state index in [1.54, 1.807) is 0 Å². The van der Waals surface area contributed by atoms with Crippen molar-refractivity contribution in [3.8, 4) is 11.8 Å². The van der Waals surface area contributed by atoms with Gasteiger partial charge >= 0.3 is 5.91 Å². The number of amides is 2. The number of carbonyl (C=O) groups excluding carboxylic acids is 2. The highest BCUT2D eigenvalue weighted by molar-refractivity contribution is 7.15. The smallest absolute Gasteiger partial charge is 0.328 e. The van der Waals surface area contributed by atoms with Crippen LogP contribution in [0.25, 0.3) is 0 Å². The van der Waals surface area contributed by atoms with Crippen LogP contribution in [0.15, 0.2) is 22.9 Å². The Balaban J connectivity index is 1.66. The summed E-state index contributed by atoms with van der Waals surface area (Å²) >= 11 is 1.15. The number of rotatable bonds is 6. The van der Waals surface area contributed by atoms with Crippen molar-refractivity contribution in [3.63, 3.8) is 0 Å². The largest absolute Gasteiger partial charge is 0.379 e. The van der Waals surface area contributed by atoms with E-state index in [0.717, 1.165) is 56.5 Å². The molecule has 0 N–H and O–H groups in total. The average Bonchev–Trinajstić information content (AvgIpc) is 3.53. The number of thiophene rings is 1. The molecule has 1 saturated heterocycles. The number of nitrogens with zero attached hydrogens (tertiary/aromatic N) is 2. The first-order chi connectivity index (χ1) is 18.1. The normalized spacial score (nSPS) is 27.7. The molecule has 0 aromatic carbocycles. The molecule has 1 saturated carbocycles. The zero-order valence-electron chi connectivity index (χ0n) is 23.2. The number of hydrogen-bond donors (Lipinski definition) is 0. The maximum absolute atomic E-state index is 14.3. The van der Waals surface area contributed by atoms with Crippen LogP contribution in [-0.4, -0.2) is 43.3 Å². The molecule has 2 amide bonds. The Kier molecular flexibility index (Phi) is 9.23. The van der Waals surface area contributed by atoms with Gasteiger partial charge in [0, 0.05) is 29.2 Å². The Morgan fingerprint density at radius 2 is 1.89 bits per heavy atom. The fraction of sp³-hybridized carbons (Fsp3) is 0.667. The van der Waals surface area contributed by atoms with Crippen LogP contribution in [0.4, 0.5) is 5.69 Å². The second-order valence-corrected chi connectivity index (χ2v) is 13.1. The van der Waals surface area contributed by atoms with Gasteiger partial charge in [0.05, 0.1) is 29.4 Å². The van der Waals surface area contributed by atoms with Gasteiger partial charge in [-0.2, -0.15) is 0 Å². The third-order valence-corrected chi connectivity index (χ3v) is 8.72. The van der Waals surface area contributed by atoms with Crippen LogP contribution in [0.3, 0.4) is 0 Å². The molecule has 2 heterocycles. The molecule has 1 aromatic heterocycles. The second kappa shape index (κ2) is 12.2. The molecule has 0 spiro atoms. The van der Waals surface area contributed by atoms with Crippen molar-refractivity contribution < 1.29 is 19.1 Å². The van der Waals surface area contributed by atoms with Crippen molar-refractivity contribution in [1.82, 2.24) is 0 Å². The number of anilines is 1. The van der Waals surface area contributed by atoms with Crippen molar-refractivity contribution in [2.24, 2.45) is 22.4 Å². The summed E-state index contributed by atoms with van der Waals surface area (Å²) in [5, 5.41) is 2.73. The van der Waals surface area contributed by atoms with Gasteiger partial charge in [-0.1, -0.05) is 30.4 Å². The van der Waals surface area contributed by atoms with Gasteiger partial charge in [-0.15, -0.1) is 16.2 Å². The van der Waals surface area contributed by atoms with Crippen LogP contribution in [0, 0.1) is 34.0 Å². The highest BCUT2D eigenvalue weighted by Gasteiger charge is 2.39. The molecule has 7 nitrogen and oxygen atoms in total. The summed E-state index contributed by atoms with van der Waals surface area (Å²) in [5.74, 6) is 5.54. The summed E-state index contributed by atoms with van der Waals surface area (Å²) in [6, 6.07) is 1.73. The van der Waals surface area contributed by atoms with Crippen LogP contribution >= 0.6 is 11.3 Å². The standard InChI is InChI=1S/C30H40N2O5S/c1-19-6-11-25(20(2)16-19)29(34)32(21-7-9-22(10-8-21)37-23-13-15-36-18-23)26-17-24(12-14-30(3,4)5)38-27(26)28(33)31-35/h6,17,20-23,25H,7-11,13,15-16,18H2,1-5H3/t20-,21-,22-,23+,25+/m0/s1. The van der Waals surface area contributed by atoms with Crippen molar-refractivity contribution >= 4 is 28.8 Å². The van der Waals surface area contributed by atoms with E-state index >= 15 is 0 Å². The maximum Gasteiger partial charge on any atom is 0.328 e. The molecule has 1 aliphatic heterocycles. The predicted molar refractivity (Wildman–Crippen MR) is 150 cm³/mol. The molecule has 1 aromatic rings. The van der Waals surface area contributed by atoms with E-state index in [1.165, 1.54) is 5.57 Å². The topological polar surface area (TPSA) is 85.3 Å². The molecular formula is C30H40N2O5S. The first-order valence-corrected chi connectivity index (χ1v) is 14.6. The Hall–Kier alpha value is -2.34. The molecule has 3 aliphatic rings. The molecule has 0 bridgehead atoms. The molecule has 2 fully saturated rings. The van der Waals surface area contributed by atoms with Gasteiger partial charge in [-0.05, 0) is 84.6 Å². The Morgan fingerprint density at radius 3 is 2.50 bits per heavy atom. The number of allylic oxidation sites excluding steroid dienone is 2. The number of nitroso groups, excluding NO2 is 1. The van der Waals surface area contributed by atoms with Gasteiger partial charge in [0.2, 0.25) is 5.91 Å². The lowest BCUT2D eigenvalue weighted by molar-refractivity contribution is -0.124. The van der Waals surface area contributed by atoms with Crippen LogP contribution in [0.2, 0.25) is 0 Å². The van der Waals surface area contributed by atoms with Gasteiger partial charge in [-0.3, -0.25) is 9.59 Å². The quantitative estimate of drug-likeness (QED) is 0.234. The summed E-state index contributed by atoms with van der Waals surface area (Å²) in [5.41, 5.74) is 1.56. The number of hydrogen-bond acceptors (Lipinski definition) is 6. The minimum absolute atomic E-state index is 0.0166. The monoisotopic (exact) mass is 540 g/mol. The molecule has 38 heavy (non-hydrogen) atoms. The van der Waals surface area contributed by atoms with Gasteiger partial charge in [0.25, 0.3) is 0 Å². The van der Waals surface area contributed by atoms with E-state index in [2.05, 4.69) is 36.9 Å². The van der Waals surface area contributed by atoms with E-state index in [9.17, 15) is 14.5 Å². The van der Waals surface area contributed by atoms with Crippen molar-refractivity contribution in [2.45, 2.75) is 97.8 Å². The van der Waals surface area contributed by atoms with Crippen LogP contribution in [0.1, 0.15) is 94.1 Å². The molecular weight excluding hydrogens is 500 g/mol. The highest BCUT2D eigenvalue weighted by Crippen LogP contribution is 2.40. The lowest BCUT2D eigenvalue weighted by atomic mass is 9.79. The van der Waals surface area contributed by atoms with E-state index in [0.29, 0.717) is 23.6 Å². The molecule has 206 valence electrons. The van der Waals surface area contributed by atoms with Gasteiger partial charge in [0.1, 0.15) is 4.88 Å². The number of carbonyl (C=O) groups is 2. The second-order valence-electron chi connectivity index (χ2n) is 12.1. The van der Waals surface area contributed by atoms with Crippen molar-refractivity contribution in [3.05, 3.63) is 32.4 Å². The minimum Gasteiger partial charge on any atom is -0.379 e. The fourth-order valence-corrected chi connectivity index (χ4v) is 6.59. The van der Waals surface area contributed by atoms with E-state index in [4.69, 9.17) is 9.47 Å². The van der Waals surface area contributed by atoms with Gasteiger partial charge in [0.15, 0.2) is 0 Å². The van der Waals surface area contributed by atoms with Gasteiger partial charge in [-0.25, -0.2) is 0 Å². The summed E-state index contributed by atoms with van der Waals surface area (Å²) in [7, 11) is 0. The van der Waals surface area contributed by atoms with E-state index in [1.807, 2.05) is 31.7 Å². The summed E-state index contributed by atoms with van der Waals surface area (Å²) in [4.78, 5) is 41.0. The lowest BCUT2D eigenvalue weighted by Gasteiger charge is -2.40. The molecule has 8 heteroatoms. The third kappa shape index (κ3) is 6.99. The first kappa shape index (κ1) is 28.7. The predicted octanol–water partition coefficient (Wildman–Crippen LogP) is 6.49. The maximum atomic E-state index is 14.3. The molecule has 0 radical (unpaired) electrons. The third-order valence-electron chi connectivity index (χ3n) is 7.70. The summed E-state index contributed by atoms with van der Waals surface area (Å²) < 4.78 is 11.7. The first-order valence-electron chi connectivity index (χ1n) is 13.8. The Morgan fingerprint density at radius 1 is 1.16 bits per heavy atom. The van der Waals surface area contributed by atoms with E-state index < -0.39 is 5.91 Å². The zero-order chi connectivity index (χ0) is 27.4. The molecule has 0 unspecified atom stereocenters. The number of ether oxygens (including phenoxy) is 2. The highest BCUT2D eigenvalue weighted by atomic mass is 32.1. The molecule has 4 rings (SSSR count). The lowest BCUT2D eigenvalue weighted by Crippen LogP contribution is -2.48. The molecule has 3 atom stereocenters. The Labute approximate surface area is 230 Å². The van der Waals surface area contributed by atoms with Crippen LogP contribution in [0.5, 0.6) is 0 Å². The van der Waals surface area contributed by atoms with Crippen molar-refractivity contribution in [2.75, 3.05) is 18.1 Å². The summed E-state index contributed by atoms with van der Waals surface area (Å²) in [6.07, 6.45) is 8.12. The average molecular weight is 541 g/mol. The van der Waals surface area contributed by atoms with Crippen LogP contribution < -0.4 is 4.90 Å². The fourth-order valence-electron chi connectivity index (χ4n) is 5.71.